The maximum absolute atomic E-state index is 12.6. The molecule has 24 heavy (non-hydrogen) atoms. The van der Waals surface area contributed by atoms with Gasteiger partial charge in [-0.25, -0.2) is 4.79 Å². The minimum atomic E-state index is -1.87. The molecular weight excluding hydrogens is 310 g/mol. The van der Waals surface area contributed by atoms with E-state index in [1.165, 1.54) is 12.1 Å². The smallest absolute Gasteiger partial charge is 0.334 e. The molecule has 122 valence electrons. The fourth-order valence-electron chi connectivity index (χ4n) is 2.87. The molecule has 2 aromatic rings. The van der Waals surface area contributed by atoms with E-state index in [1.54, 1.807) is 42.5 Å². The first kappa shape index (κ1) is 15.9. The van der Waals surface area contributed by atoms with Crippen LogP contribution in [-0.2, 0) is 11.2 Å². The summed E-state index contributed by atoms with van der Waals surface area (Å²) in [5, 5.41) is 19.3. The van der Waals surface area contributed by atoms with E-state index < -0.39 is 29.9 Å². The SMILES string of the molecule is O=C(O)C(O)C(Cc1ccccc1)N1C(=O)c2ccccc2C1=O. The molecule has 2 atom stereocenters. The Bertz CT molecular complexity index is 767. The lowest BCUT2D eigenvalue weighted by Crippen LogP contribution is -2.51. The van der Waals surface area contributed by atoms with Crippen molar-refractivity contribution in [2.24, 2.45) is 0 Å². The number of hydrogen-bond donors (Lipinski definition) is 2. The molecule has 6 nitrogen and oxygen atoms in total. The molecule has 2 amide bonds. The van der Waals surface area contributed by atoms with Gasteiger partial charge in [-0.3, -0.25) is 14.5 Å². The normalized spacial score (nSPS) is 16.0. The number of carbonyl (C=O) groups excluding carboxylic acids is 2. The molecule has 0 spiro atoms. The maximum atomic E-state index is 12.6. The molecule has 0 aromatic heterocycles. The molecule has 2 aromatic carbocycles. The van der Waals surface area contributed by atoms with Crippen LogP contribution in [-0.4, -0.2) is 45.0 Å². The summed E-state index contributed by atoms with van der Waals surface area (Å²) >= 11 is 0. The van der Waals surface area contributed by atoms with E-state index >= 15 is 0 Å². The molecule has 0 saturated carbocycles. The van der Waals surface area contributed by atoms with Crippen molar-refractivity contribution in [2.45, 2.75) is 18.6 Å². The Hall–Kier alpha value is -2.99. The van der Waals surface area contributed by atoms with Gasteiger partial charge in [-0.05, 0) is 24.1 Å². The average molecular weight is 325 g/mol. The monoisotopic (exact) mass is 325 g/mol. The first-order valence-electron chi connectivity index (χ1n) is 7.42. The first-order chi connectivity index (χ1) is 11.5. The van der Waals surface area contributed by atoms with Gasteiger partial charge in [-0.1, -0.05) is 42.5 Å². The third-order valence-electron chi connectivity index (χ3n) is 4.06. The molecule has 0 saturated heterocycles. The Morgan fingerprint density at radius 3 is 1.92 bits per heavy atom. The van der Waals surface area contributed by atoms with E-state index in [0.717, 1.165) is 10.5 Å². The van der Waals surface area contributed by atoms with Crippen molar-refractivity contribution in [3.05, 3.63) is 71.3 Å². The van der Waals surface area contributed by atoms with Gasteiger partial charge < -0.3 is 10.2 Å². The second kappa shape index (κ2) is 6.25. The van der Waals surface area contributed by atoms with Crippen LogP contribution >= 0.6 is 0 Å². The fraction of sp³-hybridized carbons (Fsp3) is 0.167. The van der Waals surface area contributed by atoms with Gasteiger partial charge in [0.05, 0.1) is 17.2 Å². The number of nitrogens with zero attached hydrogens (tertiary/aromatic N) is 1. The number of aliphatic hydroxyl groups is 1. The van der Waals surface area contributed by atoms with Crippen molar-refractivity contribution in [3.8, 4) is 0 Å². The number of carboxylic acid groups (broad SMARTS) is 1. The Balaban J connectivity index is 1.99. The van der Waals surface area contributed by atoms with Crippen LogP contribution in [0, 0.1) is 0 Å². The van der Waals surface area contributed by atoms with Crippen LogP contribution in [0.25, 0.3) is 0 Å². The zero-order valence-corrected chi connectivity index (χ0v) is 12.6. The highest BCUT2D eigenvalue weighted by atomic mass is 16.4. The van der Waals surface area contributed by atoms with Crippen molar-refractivity contribution in [3.63, 3.8) is 0 Å². The van der Waals surface area contributed by atoms with Gasteiger partial charge in [0.25, 0.3) is 11.8 Å². The van der Waals surface area contributed by atoms with Crippen LogP contribution < -0.4 is 0 Å². The van der Waals surface area contributed by atoms with Gasteiger partial charge >= 0.3 is 5.97 Å². The number of fused-ring (bicyclic) bond motifs is 1. The predicted octanol–water partition coefficient (Wildman–Crippen LogP) is 1.34. The summed E-state index contributed by atoms with van der Waals surface area (Å²) in [5.41, 5.74) is 1.16. The molecule has 6 heteroatoms. The molecule has 1 heterocycles. The summed E-state index contributed by atoms with van der Waals surface area (Å²) < 4.78 is 0. The van der Waals surface area contributed by atoms with Crippen LogP contribution in [0.1, 0.15) is 26.3 Å². The second-order valence-electron chi connectivity index (χ2n) is 5.57. The number of imide groups is 1. The number of aliphatic carboxylic acids is 1. The lowest BCUT2D eigenvalue weighted by Gasteiger charge is -2.28. The standard InChI is InChI=1S/C18H15NO5/c20-15(18(23)24)14(10-11-6-2-1-3-7-11)19-16(21)12-8-4-5-9-13(12)17(19)22/h1-9,14-15,20H,10H2,(H,23,24). The van der Waals surface area contributed by atoms with E-state index in [4.69, 9.17) is 0 Å². The summed E-state index contributed by atoms with van der Waals surface area (Å²) in [4.78, 5) is 37.3. The van der Waals surface area contributed by atoms with Gasteiger partial charge in [-0.2, -0.15) is 0 Å². The highest BCUT2D eigenvalue weighted by Crippen LogP contribution is 2.27. The summed E-state index contributed by atoms with van der Waals surface area (Å²) in [6.07, 6.45) is -1.81. The summed E-state index contributed by atoms with van der Waals surface area (Å²) in [6, 6.07) is 13.9. The van der Waals surface area contributed by atoms with Crippen molar-refractivity contribution in [2.75, 3.05) is 0 Å². The highest BCUT2D eigenvalue weighted by Gasteiger charge is 2.44. The summed E-state index contributed by atoms with van der Waals surface area (Å²) in [6.45, 7) is 0. The Morgan fingerprint density at radius 2 is 1.42 bits per heavy atom. The summed E-state index contributed by atoms with van der Waals surface area (Å²) in [7, 11) is 0. The minimum absolute atomic E-state index is 0.0553. The topological polar surface area (TPSA) is 94.9 Å². The van der Waals surface area contributed by atoms with Crippen molar-refractivity contribution in [1.29, 1.82) is 0 Å². The van der Waals surface area contributed by atoms with E-state index in [9.17, 15) is 24.6 Å². The Labute approximate surface area is 138 Å². The van der Waals surface area contributed by atoms with Gasteiger partial charge in [0.15, 0.2) is 6.10 Å². The molecule has 2 unspecified atom stereocenters. The first-order valence-corrected chi connectivity index (χ1v) is 7.42. The number of hydrogen-bond acceptors (Lipinski definition) is 4. The average Bonchev–Trinajstić information content (AvgIpc) is 2.85. The number of benzene rings is 2. The summed E-state index contributed by atoms with van der Waals surface area (Å²) in [5.74, 6) is -2.65. The van der Waals surface area contributed by atoms with Crippen LogP contribution in [0.3, 0.4) is 0 Å². The second-order valence-corrected chi connectivity index (χ2v) is 5.57. The van der Waals surface area contributed by atoms with Crippen LogP contribution in [0.5, 0.6) is 0 Å². The molecule has 1 aliphatic heterocycles. The van der Waals surface area contributed by atoms with Crippen LogP contribution in [0.15, 0.2) is 54.6 Å². The molecule has 0 radical (unpaired) electrons. The zero-order valence-electron chi connectivity index (χ0n) is 12.6. The lowest BCUT2D eigenvalue weighted by molar-refractivity contribution is -0.149. The van der Waals surface area contributed by atoms with Crippen LogP contribution in [0.4, 0.5) is 0 Å². The van der Waals surface area contributed by atoms with Crippen molar-refractivity contribution in [1.82, 2.24) is 4.90 Å². The zero-order chi connectivity index (χ0) is 17.3. The third-order valence-corrected chi connectivity index (χ3v) is 4.06. The number of aliphatic hydroxyl groups excluding tert-OH is 1. The minimum Gasteiger partial charge on any atom is -0.479 e. The van der Waals surface area contributed by atoms with Gasteiger partial charge in [0, 0.05) is 0 Å². The van der Waals surface area contributed by atoms with E-state index in [-0.39, 0.29) is 17.5 Å². The third kappa shape index (κ3) is 2.68. The number of rotatable bonds is 5. The quantitative estimate of drug-likeness (QED) is 0.809. The van der Waals surface area contributed by atoms with Gasteiger partial charge in [-0.15, -0.1) is 0 Å². The Morgan fingerprint density at radius 1 is 0.917 bits per heavy atom. The van der Waals surface area contributed by atoms with Crippen molar-refractivity contribution >= 4 is 17.8 Å². The molecule has 0 fully saturated rings. The largest absolute Gasteiger partial charge is 0.479 e. The van der Waals surface area contributed by atoms with E-state index in [0.29, 0.717) is 0 Å². The molecular formula is C18H15NO5. The van der Waals surface area contributed by atoms with Gasteiger partial charge in [0.2, 0.25) is 0 Å². The van der Waals surface area contributed by atoms with Crippen LogP contribution in [0.2, 0.25) is 0 Å². The molecule has 0 bridgehead atoms. The Kier molecular flexibility index (Phi) is 4.14. The van der Waals surface area contributed by atoms with E-state index in [2.05, 4.69) is 0 Å². The fourth-order valence-corrected chi connectivity index (χ4v) is 2.87. The maximum Gasteiger partial charge on any atom is 0.334 e. The number of carbonyl (C=O) groups is 3. The predicted molar refractivity (Wildman–Crippen MR) is 84.5 cm³/mol. The molecule has 3 rings (SSSR count). The number of carboxylic acids is 1. The molecule has 2 N–H and O–H groups in total. The molecule has 1 aliphatic rings. The van der Waals surface area contributed by atoms with Crippen molar-refractivity contribution < 1.29 is 24.6 Å². The highest BCUT2D eigenvalue weighted by molar-refractivity contribution is 6.21. The molecule has 0 aliphatic carbocycles. The van der Waals surface area contributed by atoms with Gasteiger partial charge in [0.1, 0.15) is 0 Å². The lowest BCUT2D eigenvalue weighted by atomic mass is 9.99. The van der Waals surface area contributed by atoms with E-state index in [1.807, 2.05) is 0 Å². The number of amides is 2.